The molecule has 0 radical (unpaired) electrons. The number of nitrogens with two attached hydrogens (primary N) is 1. The van der Waals surface area contributed by atoms with Gasteiger partial charge in [0.2, 0.25) is 0 Å². The van der Waals surface area contributed by atoms with Crippen LogP contribution in [0.4, 0.5) is 15.6 Å². The van der Waals surface area contributed by atoms with Crippen molar-refractivity contribution in [3.05, 3.63) is 40.9 Å². The van der Waals surface area contributed by atoms with E-state index in [1.54, 1.807) is 29.6 Å². The second-order valence-electron chi connectivity index (χ2n) is 7.24. The number of carbonyl (C=O) groups excluding carboxylic acids is 3. The first-order chi connectivity index (χ1) is 14.2. The Morgan fingerprint density at radius 1 is 1.03 bits per heavy atom. The molecule has 4 amide bonds. The van der Waals surface area contributed by atoms with Crippen LogP contribution < -0.4 is 21.7 Å². The number of urea groups is 1. The average Bonchev–Trinajstić information content (AvgIpc) is 3.13. The third-order valence-corrected chi connectivity index (χ3v) is 5.11. The molecule has 0 aliphatic heterocycles. The Hall–Kier alpha value is -2.98. The minimum absolute atomic E-state index is 0.261. The molecule has 1 aromatic heterocycles. The fraction of sp³-hybridized carbons (Fsp3) is 0.400. The van der Waals surface area contributed by atoms with Gasteiger partial charge in [-0.3, -0.25) is 19.8 Å². The molecule has 1 aromatic carbocycles. The second kappa shape index (κ2) is 10.7. The van der Waals surface area contributed by atoms with Gasteiger partial charge < -0.3 is 16.4 Å². The van der Waals surface area contributed by atoms with Crippen LogP contribution in [0.25, 0.3) is 0 Å². The summed E-state index contributed by atoms with van der Waals surface area (Å²) in [5.74, 6) is -0.646. The number of nitrogens with zero attached hydrogens (tertiary/aromatic N) is 2. The van der Waals surface area contributed by atoms with E-state index in [0.29, 0.717) is 35.0 Å². The molecule has 9 nitrogen and oxygen atoms in total. The molecule has 1 heterocycles. The number of rotatable bonds is 9. The molecule has 0 fully saturated rings. The number of aromatic nitrogens is 1. The fourth-order valence-corrected chi connectivity index (χ4v) is 3.64. The Balaban J connectivity index is 1.88. The van der Waals surface area contributed by atoms with Gasteiger partial charge in [0, 0.05) is 41.8 Å². The first-order valence-electron chi connectivity index (χ1n) is 9.64. The van der Waals surface area contributed by atoms with Gasteiger partial charge in [0.1, 0.15) is 5.69 Å². The lowest BCUT2D eigenvalue weighted by Crippen LogP contribution is -2.42. The van der Waals surface area contributed by atoms with E-state index in [1.165, 1.54) is 11.3 Å². The summed E-state index contributed by atoms with van der Waals surface area (Å²) in [6.07, 6.45) is 0. The van der Waals surface area contributed by atoms with Crippen molar-refractivity contribution in [2.75, 3.05) is 23.7 Å². The number of anilines is 2. The van der Waals surface area contributed by atoms with Crippen molar-refractivity contribution in [1.82, 2.24) is 15.2 Å². The zero-order valence-corrected chi connectivity index (χ0v) is 18.4. The van der Waals surface area contributed by atoms with E-state index < -0.39 is 6.03 Å². The number of carbonyl (C=O) groups is 3. The summed E-state index contributed by atoms with van der Waals surface area (Å²) in [6, 6.07) is 6.35. The zero-order chi connectivity index (χ0) is 22.3. The Labute approximate surface area is 180 Å². The molecule has 162 valence electrons. The summed E-state index contributed by atoms with van der Waals surface area (Å²) in [5.41, 5.74) is 6.18. The van der Waals surface area contributed by atoms with Gasteiger partial charge in [-0.15, -0.1) is 11.3 Å². The van der Waals surface area contributed by atoms with Crippen molar-refractivity contribution in [2.45, 2.75) is 39.8 Å². The lowest BCUT2D eigenvalue weighted by molar-refractivity contribution is 0.0934. The number of hydrogen-bond acceptors (Lipinski definition) is 6. The predicted octanol–water partition coefficient (Wildman–Crippen LogP) is 2.73. The molecule has 30 heavy (non-hydrogen) atoms. The first kappa shape index (κ1) is 23.3. The number of benzene rings is 1. The van der Waals surface area contributed by atoms with E-state index in [9.17, 15) is 14.4 Å². The van der Waals surface area contributed by atoms with Crippen LogP contribution >= 0.6 is 11.3 Å². The van der Waals surface area contributed by atoms with Crippen LogP contribution in [0.1, 0.15) is 48.5 Å². The molecule has 0 unspecified atom stereocenters. The molecule has 2 rings (SSSR count). The van der Waals surface area contributed by atoms with E-state index in [4.69, 9.17) is 5.73 Å². The van der Waals surface area contributed by atoms with Gasteiger partial charge in [-0.05, 0) is 52.0 Å². The van der Waals surface area contributed by atoms with Crippen molar-refractivity contribution in [3.8, 4) is 0 Å². The maximum absolute atomic E-state index is 12.3. The number of hydrogen-bond donors (Lipinski definition) is 4. The Kier molecular flexibility index (Phi) is 8.31. The minimum atomic E-state index is -0.679. The van der Waals surface area contributed by atoms with Crippen LogP contribution in [0.5, 0.6) is 0 Å². The molecule has 0 bridgehead atoms. The number of primary amides is 1. The van der Waals surface area contributed by atoms with E-state index in [-0.39, 0.29) is 17.5 Å². The molecule has 0 saturated carbocycles. The van der Waals surface area contributed by atoms with Gasteiger partial charge in [-0.25, -0.2) is 9.78 Å². The summed E-state index contributed by atoms with van der Waals surface area (Å²) < 4.78 is 0. The van der Waals surface area contributed by atoms with E-state index in [1.807, 2.05) is 0 Å². The van der Waals surface area contributed by atoms with Crippen LogP contribution in [0, 0.1) is 0 Å². The molecule has 0 aliphatic rings. The standard InChI is InChI=1S/C20H28N6O3S/c1-12(2)26(13(3)4)10-9-22-18(28)16-11-30-20(24-16)25-17(27)14-5-7-15(8-6-14)23-19(21)29/h5-8,11-13H,9-10H2,1-4H3,(H,22,28)(H3,21,23,29)(H,24,25,27). The van der Waals surface area contributed by atoms with Crippen molar-refractivity contribution >= 4 is 40.0 Å². The molecule has 0 atom stereocenters. The molecule has 5 N–H and O–H groups in total. The molecule has 0 spiro atoms. The molecule has 2 aromatic rings. The average molecular weight is 433 g/mol. The summed E-state index contributed by atoms with van der Waals surface area (Å²) in [5, 5.41) is 9.89. The SMILES string of the molecule is CC(C)N(CCNC(=O)c1csc(NC(=O)c2ccc(NC(N)=O)cc2)n1)C(C)C. The highest BCUT2D eigenvalue weighted by molar-refractivity contribution is 7.14. The normalized spacial score (nSPS) is 11.0. The quantitative estimate of drug-likeness (QED) is 0.484. The van der Waals surface area contributed by atoms with Crippen molar-refractivity contribution in [3.63, 3.8) is 0 Å². The summed E-state index contributed by atoms with van der Waals surface area (Å²) in [6.45, 7) is 9.76. The zero-order valence-electron chi connectivity index (χ0n) is 17.6. The van der Waals surface area contributed by atoms with Crippen LogP contribution in [0.2, 0.25) is 0 Å². The van der Waals surface area contributed by atoms with Gasteiger partial charge >= 0.3 is 6.03 Å². The Morgan fingerprint density at radius 3 is 2.23 bits per heavy atom. The number of nitrogens with one attached hydrogen (secondary N) is 3. The van der Waals surface area contributed by atoms with Crippen LogP contribution in [0.15, 0.2) is 29.6 Å². The fourth-order valence-electron chi connectivity index (χ4n) is 2.95. The molecule has 10 heteroatoms. The van der Waals surface area contributed by atoms with Crippen molar-refractivity contribution in [2.24, 2.45) is 5.73 Å². The van der Waals surface area contributed by atoms with Crippen LogP contribution in [0.3, 0.4) is 0 Å². The minimum Gasteiger partial charge on any atom is -0.351 e. The highest BCUT2D eigenvalue weighted by Crippen LogP contribution is 2.17. The maximum atomic E-state index is 12.3. The molecule has 0 saturated heterocycles. The summed E-state index contributed by atoms with van der Waals surface area (Å²) >= 11 is 1.17. The monoisotopic (exact) mass is 432 g/mol. The van der Waals surface area contributed by atoms with Gasteiger partial charge in [-0.2, -0.15) is 0 Å². The molecule has 0 aliphatic carbocycles. The van der Waals surface area contributed by atoms with Gasteiger partial charge in [0.15, 0.2) is 5.13 Å². The van der Waals surface area contributed by atoms with Crippen LogP contribution in [-0.2, 0) is 0 Å². The Bertz CT molecular complexity index is 871. The topological polar surface area (TPSA) is 129 Å². The smallest absolute Gasteiger partial charge is 0.316 e. The lowest BCUT2D eigenvalue weighted by Gasteiger charge is -2.30. The van der Waals surface area contributed by atoms with Crippen molar-refractivity contribution < 1.29 is 14.4 Å². The first-order valence-corrected chi connectivity index (χ1v) is 10.5. The molecular weight excluding hydrogens is 404 g/mol. The third kappa shape index (κ3) is 6.82. The third-order valence-electron chi connectivity index (χ3n) is 4.35. The maximum Gasteiger partial charge on any atom is 0.316 e. The van der Waals surface area contributed by atoms with E-state index in [2.05, 4.69) is 53.5 Å². The van der Waals surface area contributed by atoms with Gasteiger partial charge in [0.05, 0.1) is 0 Å². The largest absolute Gasteiger partial charge is 0.351 e. The summed E-state index contributed by atoms with van der Waals surface area (Å²) in [7, 11) is 0. The summed E-state index contributed by atoms with van der Waals surface area (Å²) in [4.78, 5) is 42.0. The van der Waals surface area contributed by atoms with Crippen LogP contribution in [-0.4, -0.2) is 52.9 Å². The lowest BCUT2D eigenvalue weighted by atomic mass is 10.2. The number of amides is 4. The highest BCUT2D eigenvalue weighted by atomic mass is 32.1. The van der Waals surface area contributed by atoms with E-state index in [0.717, 1.165) is 6.54 Å². The van der Waals surface area contributed by atoms with Gasteiger partial charge in [-0.1, -0.05) is 0 Å². The predicted molar refractivity (Wildman–Crippen MR) is 119 cm³/mol. The van der Waals surface area contributed by atoms with Gasteiger partial charge in [0.25, 0.3) is 11.8 Å². The second-order valence-corrected chi connectivity index (χ2v) is 8.10. The molecular formula is C20H28N6O3S. The number of thiazole rings is 1. The Morgan fingerprint density at radius 2 is 1.67 bits per heavy atom. The van der Waals surface area contributed by atoms with Crippen molar-refractivity contribution in [1.29, 1.82) is 0 Å². The highest BCUT2D eigenvalue weighted by Gasteiger charge is 2.16. The van der Waals surface area contributed by atoms with E-state index >= 15 is 0 Å².